The number of ether oxygens (including phenoxy) is 1. The number of carbonyl (C=O) groups is 1. The molecule has 6 nitrogen and oxygen atoms in total. The number of rotatable bonds is 3. The van der Waals surface area contributed by atoms with E-state index in [1.54, 1.807) is 0 Å². The molecule has 3 rings (SSSR count). The molecule has 2 saturated heterocycles. The average molecular weight is 320 g/mol. The topological polar surface area (TPSA) is 50.6 Å². The predicted molar refractivity (Wildman–Crippen MR) is 88.0 cm³/mol. The summed E-state index contributed by atoms with van der Waals surface area (Å²) in [5.41, 5.74) is 3.62. The summed E-state index contributed by atoms with van der Waals surface area (Å²) in [7, 11) is 1.99. The molecule has 0 spiro atoms. The Morgan fingerprint density at radius 2 is 1.96 bits per heavy atom. The minimum Gasteiger partial charge on any atom is -0.378 e. The molecule has 2 aliphatic heterocycles. The Kier molecular flexibility index (Phi) is 4.73. The van der Waals surface area contributed by atoms with Crippen LogP contribution in [-0.4, -0.2) is 64.9 Å². The van der Waals surface area contributed by atoms with Gasteiger partial charge < -0.3 is 9.64 Å². The second-order valence-corrected chi connectivity index (χ2v) is 6.99. The Morgan fingerprint density at radius 1 is 1.26 bits per heavy atom. The molecule has 1 aromatic rings. The molecule has 0 radical (unpaired) electrons. The lowest BCUT2D eigenvalue weighted by molar-refractivity contribution is -0.140. The zero-order chi connectivity index (χ0) is 16.6. The van der Waals surface area contributed by atoms with Gasteiger partial charge in [0.05, 0.1) is 24.8 Å². The number of nitrogens with zero attached hydrogens (tertiary/aromatic N) is 4. The summed E-state index contributed by atoms with van der Waals surface area (Å²) in [4.78, 5) is 17.2. The Labute approximate surface area is 138 Å². The molecule has 2 atom stereocenters. The molecule has 1 amide bonds. The summed E-state index contributed by atoms with van der Waals surface area (Å²) < 4.78 is 7.30. The average Bonchev–Trinajstić information content (AvgIpc) is 3.02. The van der Waals surface area contributed by atoms with Crippen molar-refractivity contribution in [1.82, 2.24) is 19.6 Å². The Morgan fingerprint density at radius 3 is 2.57 bits per heavy atom. The van der Waals surface area contributed by atoms with Gasteiger partial charge in [0.15, 0.2) is 0 Å². The molecule has 0 aromatic carbocycles. The van der Waals surface area contributed by atoms with Gasteiger partial charge in [0.2, 0.25) is 5.91 Å². The highest BCUT2D eigenvalue weighted by Gasteiger charge is 2.37. The van der Waals surface area contributed by atoms with Crippen LogP contribution in [0.1, 0.15) is 23.9 Å². The molecule has 6 heteroatoms. The van der Waals surface area contributed by atoms with Gasteiger partial charge in [0.25, 0.3) is 0 Å². The van der Waals surface area contributed by atoms with Crippen LogP contribution in [0.15, 0.2) is 0 Å². The van der Waals surface area contributed by atoms with E-state index < -0.39 is 0 Å². The van der Waals surface area contributed by atoms with Crippen molar-refractivity contribution in [2.24, 2.45) is 18.9 Å². The standard InChI is InChI=1S/C17H28N4O2/c1-12-9-20(11-16-13(2)18-19(4)14(16)3)10-15(12)17(22)21-5-7-23-8-6-21/h12,15H,5-11H2,1-4H3/t12-,15-/m1/s1. The van der Waals surface area contributed by atoms with Crippen LogP contribution in [0.3, 0.4) is 0 Å². The third-order valence-corrected chi connectivity index (χ3v) is 5.37. The number of hydrogen-bond acceptors (Lipinski definition) is 4. The Bertz CT molecular complexity index is 577. The fourth-order valence-electron chi connectivity index (χ4n) is 3.81. The van der Waals surface area contributed by atoms with E-state index in [9.17, 15) is 4.79 Å². The maximum atomic E-state index is 12.8. The minimum atomic E-state index is 0.116. The van der Waals surface area contributed by atoms with Gasteiger partial charge in [-0.15, -0.1) is 0 Å². The third kappa shape index (κ3) is 3.28. The molecule has 23 heavy (non-hydrogen) atoms. The van der Waals surface area contributed by atoms with Crippen molar-refractivity contribution in [2.75, 3.05) is 39.4 Å². The van der Waals surface area contributed by atoms with E-state index >= 15 is 0 Å². The van der Waals surface area contributed by atoms with Gasteiger partial charge in [-0.25, -0.2) is 0 Å². The molecule has 1 aromatic heterocycles. The van der Waals surface area contributed by atoms with Crippen molar-refractivity contribution in [3.05, 3.63) is 17.0 Å². The summed E-state index contributed by atoms with van der Waals surface area (Å²) in [5, 5.41) is 4.50. The van der Waals surface area contributed by atoms with Gasteiger partial charge in [-0.2, -0.15) is 5.10 Å². The summed E-state index contributed by atoms with van der Waals surface area (Å²) in [6, 6.07) is 0. The summed E-state index contributed by atoms with van der Waals surface area (Å²) in [6.45, 7) is 11.9. The zero-order valence-corrected chi connectivity index (χ0v) is 14.7. The summed E-state index contributed by atoms with van der Waals surface area (Å²) in [6.07, 6.45) is 0. The molecule has 2 fully saturated rings. The van der Waals surface area contributed by atoms with Crippen LogP contribution >= 0.6 is 0 Å². The van der Waals surface area contributed by atoms with Crippen molar-refractivity contribution < 1.29 is 9.53 Å². The summed E-state index contributed by atoms with van der Waals surface area (Å²) in [5.74, 6) is 0.830. The molecule has 0 bridgehead atoms. The van der Waals surface area contributed by atoms with Gasteiger partial charge in [-0.3, -0.25) is 14.4 Å². The van der Waals surface area contributed by atoms with Crippen LogP contribution in [0, 0.1) is 25.7 Å². The highest BCUT2D eigenvalue weighted by atomic mass is 16.5. The van der Waals surface area contributed by atoms with E-state index in [2.05, 4.69) is 30.8 Å². The predicted octanol–water partition coefficient (Wildman–Crippen LogP) is 0.964. The number of hydrogen-bond donors (Lipinski definition) is 0. The first-order chi connectivity index (χ1) is 11.0. The quantitative estimate of drug-likeness (QED) is 0.832. The molecular formula is C17H28N4O2. The van der Waals surface area contributed by atoms with Crippen LogP contribution in [-0.2, 0) is 23.1 Å². The van der Waals surface area contributed by atoms with E-state index in [4.69, 9.17) is 4.74 Å². The van der Waals surface area contributed by atoms with Crippen molar-refractivity contribution in [1.29, 1.82) is 0 Å². The number of likely N-dealkylation sites (tertiary alicyclic amines) is 1. The monoisotopic (exact) mass is 320 g/mol. The zero-order valence-electron chi connectivity index (χ0n) is 14.7. The molecule has 0 saturated carbocycles. The van der Waals surface area contributed by atoms with Crippen LogP contribution in [0.4, 0.5) is 0 Å². The third-order valence-electron chi connectivity index (χ3n) is 5.37. The van der Waals surface area contributed by atoms with Gasteiger partial charge in [-0.05, 0) is 19.8 Å². The largest absolute Gasteiger partial charge is 0.378 e. The van der Waals surface area contributed by atoms with Crippen LogP contribution in [0.25, 0.3) is 0 Å². The van der Waals surface area contributed by atoms with Gasteiger partial charge >= 0.3 is 0 Å². The highest BCUT2D eigenvalue weighted by Crippen LogP contribution is 2.27. The Balaban J connectivity index is 1.65. The highest BCUT2D eigenvalue weighted by molar-refractivity contribution is 5.79. The van der Waals surface area contributed by atoms with Crippen molar-refractivity contribution in [3.63, 3.8) is 0 Å². The number of aromatic nitrogens is 2. The first-order valence-electron chi connectivity index (χ1n) is 8.55. The molecule has 128 valence electrons. The van der Waals surface area contributed by atoms with Crippen molar-refractivity contribution in [2.45, 2.75) is 27.3 Å². The number of morpholine rings is 1. The maximum absolute atomic E-state index is 12.8. The van der Waals surface area contributed by atoms with Crippen LogP contribution < -0.4 is 0 Å². The van der Waals surface area contributed by atoms with E-state index in [-0.39, 0.29) is 5.92 Å². The van der Waals surface area contributed by atoms with E-state index in [1.165, 1.54) is 11.3 Å². The lowest BCUT2D eigenvalue weighted by Gasteiger charge is -2.30. The molecule has 0 aliphatic carbocycles. The fourth-order valence-corrected chi connectivity index (χ4v) is 3.81. The smallest absolute Gasteiger partial charge is 0.227 e. The minimum absolute atomic E-state index is 0.116. The van der Waals surface area contributed by atoms with E-state index in [1.807, 2.05) is 16.6 Å². The van der Waals surface area contributed by atoms with Gasteiger partial charge in [-0.1, -0.05) is 6.92 Å². The first kappa shape index (κ1) is 16.5. The normalized spacial score (nSPS) is 26.0. The lowest BCUT2D eigenvalue weighted by atomic mass is 9.96. The molecule has 2 aliphatic rings. The fraction of sp³-hybridized carbons (Fsp3) is 0.765. The van der Waals surface area contributed by atoms with E-state index in [0.29, 0.717) is 25.0 Å². The maximum Gasteiger partial charge on any atom is 0.227 e. The summed E-state index contributed by atoms with van der Waals surface area (Å²) >= 11 is 0. The van der Waals surface area contributed by atoms with E-state index in [0.717, 1.165) is 38.4 Å². The second kappa shape index (κ2) is 6.61. The van der Waals surface area contributed by atoms with Gasteiger partial charge in [0, 0.05) is 51.0 Å². The first-order valence-corrected chi connectivity index (χ1v) is 8.55. The number of aryl methyl sites for hydroxylation is 2. The van der Waals surface area contributed by atoms with Crippen molar-refractivity contribution in [3.8, 4) is 0 Å². The Hall–Kier alpha value is -1.40. The molecule has 0 unspecified atom stereocenters. The second-order valence-electron chi connectivity index (χ2n) is 6.99. The molecule has 0 N–H and O–H groups in total. The van der Waals surface area contributed by atoms with Crippen LogP contribution in [0.5, 0.6) is 0 Å². The lowest BCUT2D eigenvalue weighted by Crippen LogP contribution is -2.45. The van der Waals surface area contributed by atoms with Gasteiger partial charge in [0.1, 0.15) is 0 Å². The molecule has 3 heterocycles. The SMILES string of the molecule is Cc1nn(C)c(C)c1CN1C[C@@H](C)[C@H](C(=O)N2CCOCC2)C1. The molecular weight excluding hydrogens is 292 g/mol. The van der Waals surface area contributed by atoms with Crippen LogP contribution in [0.2, 0.25) is 0 Å². The number of carbonyl (C=O) groups excluding carboxylic acids is 1. The van der Waals surface area contributed by atoms with Crippen molar-refractivity contribution >= 4 is 5.91 Å². The number of amides is 1.